The van der Waals surface area contributed by atoms with Crippen molar-refractivity contribution >= 4 is 9.84 Å². The van der Waals surface area contributed by atoms with Crippen molar-refractivity contribution in [2.24, 2.45) is 0 Å². The van der Waals surface area contributed by atoms with E-state index in [4.69, 9.17) is 4.74 Å². The Kier molecular flexibility index (Phi) is 7.54. The average Bonchev–Trinajstić information content (AvgIpc) is 3.11. The lowest BCUT2D eigenvalue weighted by molar-refractivity contribution is 0.153. The molecule has 4 rings (SSSR count). The summed E-state index contributed by atoms with van der Waals surface area (Å²) in [6.07, 6.45) is 8.08. The maximum absolute atomic E-state index is 13.0. The zero-order chi connectivity index (χ0) is 22.6. The van der Waals surface area contributed by atoms with Gasteiger partial charge in [-0.05, 0) is 68.6 Å². The molecule has 5 nitrogen and oxygen atoms in total. The van der Waals surface area contributed by atoms with Crippen molar-refractivity contribution in [3.05, 3.63) is 54.1 Å². The van der Waals surface area contributed by atoms with Gasteiger partial charge in [-0.1, -0.05) is 37.5 Å². The topological polar surface area (TPSA) is 49.9 Å². The molecular formula is C26H36N2O3S. The molecule has 1 saturated heterocycles. The molecule has 1 aliphatic heterocycles. The van der Waals surface area contributed by atoms with Gasteiger partial charge in [-0.15, -0.1) is 0 Å². The lowest BCUT2D eigenvalue weighted by Gasteiger charge is -2.34. The summed E-state index contributed by atoms with van der Waals surface area (Å²) >= 11 is 0. The largest absolute Gasteiger partial charge is 0.497 e. The van der Waals surface area contributed by atoms with Crippen molar-refractivity contribution in [2.75, 3.05) is 33.3 Å². The van der Waals surface area contributed by atoms with Gasteiger partial charge in [-0.3, -0.25) is 9.80 Å². The highest BCUT2D eigenvalue weighted by Crippen LogP contribution is 2.29. The Hall–Kier alpha value is -1.89. The van der Waals surface area contributed by atoms with Gasteiger partial charge < -0.3 is 4.74 Å². The van der Waals surface area contributed by atoms with E-state index in [2.05, 4.69) is 16.7 Å². The third kappa shape index (κ3) is 5.19. The highest BCUT2D eigenvalue weighted by Gasteiger charge is 2.26. The van der Waals surface area contributed by atoms with E-state index in [1.165, 1.54) is 50.6 Å². The monoisotopic (exact) mass is 456 g/mol. The first-order valence-electron chi connectivity index (χ1n) is 12.0. The van der Waals surface area contributed by atoms with Gasteiger partial charge in [0.1, 0.15) is 5.75 Å². The Balaban J connectivity index is 1.43. The summed E-state index contributed by atoms with van der Waals surface area (Å²) in [5.74, 6) is 0.541. The number of rotatable bonds is 6. The van der Waals surface area contributed by atoms with Crippen molar-refractivity contribution in [1.82, 2.24) is 9.80 Å². The van der Waals surface area contributed by atoms with E-state index in [9.17, 15) is 8.42 Å². The Bertz CT molecular complexity index is 984. The van der Waals surface area contributed by atoms with E-state index in [1.54, 1.807) is 43.5 Å². The molecule has 32 heavy (non-hydrogen) atoms. The van der Waals surface area contributed by atoms with Crippen LogP contribution in [0.25, 0.3) is 0 Å². The van der Waals surface area contributed by atoms with Crippen molar-refractivity contribution in [3.8, 4) is 5.75 Å². The summed E-state index contributed by atoms with van der Waals surface area (Å²) in [5, 5.41) is 0. The molecule has 2 aromatic rings. The molecular weight excluding hydrogens is 420 g/mol. The molecule has 0 radical (unpaired) electrons. The number of nitrogens with zero attached hydrogens (tertiary/aromatic N) is 2. The molecule has 0 aromatic heterocycles. The predicted molar refractivity (Wildman–Crippen MR) is 128 cm³/mol. The van der Waals surface area contributed by atoms with E-state index in [1.807, 2.05) is 12.1 Å². The number of hydrogen-bond acceptors (Lipinski definition) is 5. The second kappa shape index (κ2) is 10.4. The third-order valence-electron chi connectivity index (χ3n) is 7.23. The lowest BCUT2D eigenvalue weighted by atomic mass is 9.94. The van der Waals surface area contributed by atoms with Gasteiger partial charge in [0, 0.05) is 31.7 Å². The van der Waals surface area contributed by atoms with Crippen LogP contribution in [0.5, 0.6) is 5.75 Å². The van der Waals surface area contributed by atoms with Crippen LogP contribution < -0.4 is 4.74 Å². The first kappa shape index (κ1) is 23.3. The Morgan fingerprint density at radius 2 is 1.62 bits per heavy atom. The van der Waals surface area contributed by atoms with Gasteiger partial charge >= 0.3 is 0 Å². The summed E-state index contributed by atoms with van der Waals surface area (Å²) < 4.78 is 31.3. The number of sulfone groups is 1. The van der Waals surface area contributed by atoms with Crippen LogP contribution in [-0.4, -0.2) is 57.5 Å². The van der Waals surface area contributed by atoms with Crippen LogP contribution in [-0.2, 0) is 9.84 Å². The molecule has 6 heteroatoms. The molecule has 1 atom stereocenters. The molecule has 1 aliphatic carbocycles. The minimum atomic E-state index is -3.56. The molecule has 174 valence electrons. The first-order chi connectivity index (χ1) is 15.5. The van der Waals surface area contributed by atoms with Gasteiger partial charge in [0.25, 0.3) is 0 Å². The van der Waals surface area contributed by atoms with Crippen LogP contribution >= 0.6 is 0 Å². The molecule has 2 aliphatic rings. The zero-order valence-corrected chi connectivity index (χ0v) is 20.2. The van der Waals surface area contributed by atoms with E-state index < -0.39 is 9.84 Å². The number of ether oxygens (including phenoxy) is 1. The van der Waals surface area contributed by atoms with Gasteiger partial charge in [-0.25, -0.2) is 8.42 Å². The highest BCUT2D eigenvalue weighted by atomic mass is 32.2. The minimum Gasteiger partial charge on any atom is -0.497 e. The molecule has 1 heterocycles. The van der Waals surface area contributed by atoms with Crippen molar-refractivity contribution in [1.29, 1.82) is 0 Å². The van der Waals surface area contributed by atoms with Crippen molar-refractivity contribution < 1.29 is 13.2 Å². The van der Waals surface area contributed by atoms with Crippen LogP contribution in [0.1, 0.15) is 57.1 Å². The fraction of sp³-hybridized carbons (Fsp3) is 0.538. The van der Waals surface area contributed by atoms with Crippen LogP contribution in [0.15, 0.2) is 58.3 Å². The van der Waals surface area contributed by atoms with Crippen molar-refractivity contribution in [2.45, 2.75) is 67.3 Å². The van der Waals surface area contributed by atoms with Crippen LogP contribution in [0.4, 0.5) is 0 Å². The molecule has 0 bridgehead atoms. The summed E-state index contributed by atoms with van der Waals surface area (Å²) in [6, 6.07) is 15.1. The van der Waals surface area contributed by atoms with E-state index >= 15 is 0 Å². The molecule has 0 N–H and O–H groups in total. The Morgan fingerprint density at radius 1 is 0.875 bits per heavy atom. The summed E-state index contributed by atoms with van der Waals surface area (Å²) in [4.78, 5) is 5.85. The highest BCUT2D eigenvalue weighted by molar-refractivity contribution is 7.91. The van der Waals surface area contributed by atoms with Crippen molar-refractivity contribution in [3.63, 3.8) is 0 Å². The second-order valence-corrected chi connectivity index (χ2v) is 11.1. The Morgan fingerprint density at radius 3 is 2.34 bits per heavy atom. The normalized spacial score (nSPS) is 20.6. The lowest BCUT2D eigenvalue weighted by Crippen LogP contribution is -2.39. The molecule has 0 spiro atoms. The fourth-order valence-corrected chi connectivity index (χ4v) is 6.49. The Labute approximate surface area is 193 Å². The molecule has 2 aromatic carbocycles. The first-order valence-corrected chi connectivity index (χ1v) is 13.4. The van der Waals surface area contributed by atoms with Crippen LogP contribution in [0.2, 0.25) is 0 Å². The molecule has 1 saturated carbocycles. The number of hydrogen-bond donors (Lipinski definition) is 0. The van der Waals surface area contributed by atoms with Gasteiger partial charge in [0.05, 0.1) is 16.9 Å². The minimum absolute atomic E-state index is 0.257. The molecule has 0 unspecified atom stereocenters. The predicted octanol–water partition coefficient (Wildman–Crippen LogP) is 4.93. The maximum Gasteiger partial charge on any atom is 0.206 e. The molecule has 2 fully saturated rings. The van der Waals surface area contributed by atoms with E-state index in [0.717, 1.165) is 25.7 Å². The zero-order valence-electron chi connectivity index (χ0n) is 19.4. The standard InChI is InChI=1S/C26H36N2O3S/c1-21(27-16-7-17-28(19-18-27)23-8-4-3-5-9-23)22-12-14-25(15-13-22)32(29,30)26-11-6-10-24(20-26)31-2/h6,10-15,20-21,23H,3-5,7-9,16-19H2,1-2H3/t21-/m0/s1. The van der Waals surface area contributed by atoms with Gasteiger partial charge in [0.15, 0.2) is 0 Å². The number of methoxy groups -OCH3 is 1. The van der Waals surface area contributed by atoms with Gasteiger partial charge in [0.2, 0.25) is 9.84 Å². The van der Waals surface area contributed by atoms with Crippen LogP contribution in [0, 0.1) is 0 Å². The third-order valence-corrected chi connectivity index (χ3v) is 9.00. The van der Waals surface area contributed by atoms with Crippen LogP contribution in [0.3, 0.4) is 0 Å². The average molecular weight is 457 g/mol. The summed E-state index contributed by atoms with van der Waals surface area (Å²) in [7, 11) is -2.02. The van der Waals surface area contributed by atoms with E-state index in [-0.39, 0.29) is 10.9 Å². The number of benzene rings is 2. The van der Waals surface area contributed by atoms with E-state index in [0.29, 0.717) is 10.6 Å². The maximum atomic E-state index is 13.0. The second-order valence-electron chi connectivity index (χ2n) is 9.14. The SMILES string of the molecule is COc1cccc(S(=O)(=O)c2ccc([C@H](C)N3CCCN(C4CCCCC4)CC3)cc2)c1. The smallest absolute Gasteiger partial charge is 0.206 e. The summed E-state index contributed by atoms with van der Waals surface area (Å²) in [5.41, 5.74) is 1.17. The fourth-order valence-electron chi connectivity index (χ4n) is 5.20. The summed E-state index contributed by atoms with van der Waals surface area (Å²) in [6.45, 7) is 6.74. The quantitative estimate of drug-likeness (QED) is 0.617. The van der Waals surface area contributed by atoms with Gasteiger partial charge in [-0.2, -0.15) is 0 Å². The molecule has 0 amide bonds.